The number of rotatable bonds is 11. The van der Waals surface area contributed by atoms with Gasteiger partial charge in [0.25, 0.3) is 5.91 Å². The second-order valence-corrected chi connectivity index (χ2v) is 8.06. The van der Waals surface area contributed by atoms with Crippen LogP contribution in [0.3, 0.4) is 0 Å². The zero-order chi connectivity index (χ0) is 28.4. The molecule has 5 atom stereocenters. The summed E-state index contributed by atoms with van der Waals surface area (Å²) in [6, 6.07) is 3.90. The zero-order valence-electron chi connectivity index (χ0n) is 21.3. The number of hydrogen-bond acceptors (Lipinski definition) is 13. The van der Waals surface area contributed by atoms with Gasteiger partial charge in [-0.3, -0.25) is 24.0 Å². The minimum atomic E-state index is -1.68. The summed E-state index contributed by atoms with van der Waals surface area (Å²) in [5.41, 5.74) is 5.53. The minimum absolute atomic E-state index is 0.0856. The van der Waals surface area contributed by atoms with Crippen molar-refractivity contribution in [2.75, 3.05) is 20.2 Å². The number of carbonyl (C=O) groups is 6. The van der Waals surface area contributed by atoms with Gasteiger partial charge < -0.3 is 39.5 Å². The molecule has 1 aliphatic heterocycles. The van der Waals surface area contributed by atoms with Gasteiger partial charge in [0.2, 0.25) is 12.4 Å². The van der Waals surface area contributed by atoms with Gasteiger partial charge in [-0.05, 0) is 31.2 Å². The zero-order valence-corrected chi connectivity index (χ0v) is 21.3. The number of esters is 4. The van der Waals surface area contributed by atoms with E-state index in [9.17, 15) is 28.8 Å². The van der Waals surface area contributed by atoms with E-state index >= 15 is 0 Å². The summed E-state index contributed by atoms with van der Waals surface area (Å²) in [5.74, 6) is -4.32. The summed E-state index contributed by atoms with van der Waals surface area (Å²) in [7, 11) is 1.05. The molecule has 14 heteroatoms. The van der Waals surface area contributed by atoms with Crippen LogP contribution in [0.1, 0.15) is 47.9 Å². The van der Waals surface area contributed by atoms with E-state index in [0.717, 1.165) is 27.9 Å². The lowest BCUT2D eigenvalue weighted by molar-refractivity contribution is -0.282. The van der Waals surface area contributed by atoms with Crippen molar-refractivity contribution >= 4 is 36.1 Å². The van der Waals surface area contributed by atoms with E-state index in [1.54, 1.807) is 0 Å². The van der Waals surface area contributed by atoms with Crippen LogP contribution in [0, 0.1) is 0 Å². The van der Waals surface area contributed by atoms with Gasteiger partial charge in [-0.15, -0.1) is 0 Å². The molecule has 1 fully saturated rings. The third kappa shape index (κ3) is 7.98. The summed E-state index contributed by atoms with van der Waals surface area (Å²) in [6.45, 7) is 3.72. The highest BCUT2D eigenvalue weighted by Gasteiger charge is 2.56. The van der Waals surface area contributed by atoms with Crippen molar-refractivity contribution in [1.82, 2.24) is 5.32 Å². The molecule has 38 heavy (non-hydrogen) atoms. The van der Waals surface area contributed by atoms with Crippen molar-refractivity contribution in [2.24, 2.45) is 5.73 Å². The summed E-state index contributed by atoms with van der Waals surface area (Å²) in [6.07, 6.45) is -7.06. The van der Waals surface area contributed by atoms with Crippen LogP contribution < -0.4 is 15.8 Å². The summed E-state index contributed by atoms with van der Waals surface area (Å²) in [5, 5.41) is 2.63. The molecule has 0 aromatic heterocycles. The quantitative estimate of drug-likeness (QED) is 0.161. The van der Waals surface area contributed by atoms with Crippen molar-refractivity contribution in [3.05, 3.63) is 29.3 Å². The number of amides is 1. The Hall–Kier alpha value is -4.04. The fraction of sp³-hybridized carbons (Fsp3) is 0.500. The molecule has 1 aromatic carbocycles. The van der Waals surface area contributed by atoms with Gasteiger partial charge in [0.15, 0.2) is 18.3 Å². The van der Waals surface area contributed by atoms with Gasteiger partial charge >= 0.3 is 23.9 Å². The van der Waals surface area contributed by atoms with Crippen molar-refractivity contribution in [2.45, 2.75) is 57.9 Å². The maximum Gasteiger partial charge on any atom is 0.339 e. The van der Waals surface area contributed by atoms with E-state index in [2.05, 4.69) is 5.32 Å². The van der Waals surface area contributed by atoms with Crippen LogP contribution in [0.25, 0.3) is 0 Å². The lowest BCUT2D eigenvalue weighted by atomic mass is 9.97. The number of hydrogen-bond donors (Lipinski definition) is 2. The van der Waals surface area contributed by atoms with Crippen LogP contribution in [0.2, 0.25) is 0 Å². The Morgan fingerprint density at radius 1 is 0.974 bits per heavy atom. The van der Waals surface area contributed by atoms with Crippen LogP contribution in [0.4, 0.5) is 0 Å². The number of aldehydes is 1. The molecular formula is C24H30N2O12. The van der Waals surface area contributed by atoms with Crippen LogP contribution in [-0.2, 0) is 42.9 Å². The molecule has 1 aliphatic rings. The van der Waals surface area contributed by atoms with Gasteiger partial charge in [-0.25, -0.2) is 4.79 Å². The SMILES string of the molecule is COC(=O)[C@H]1O[C@@H](Oc2ccc(C=O)cc2C(=O)NCCCN)[C@H](OC(C)=O)[C@@H](OC(C)=O)[C@@H]1OC(C)=O. The maximum absolute atomic E-state index is 12.8. The number of methoxy groups -OCH3 is 1. The molecule has 1 aromatic rings. The van der Waals surface area contributed by atoms with Crippen molar-refractivity contribution in [1.29, 1.82) is 0 Å². The topological polar surface area (TPSA) is 196 Å². The fourth-order valence-corrected chi connectivity index (χ4v) is 3.60. The maximum atomic E-state index is 12.8. The number of benzene rings is 1. The van der Waals surface area contributed by atoms with Gasteiger partial charge in [0.05, 0.1) is 12.7 Å². The molecule has 0 unspecified atom stereocenters. The molecule has 1 heterocycles. The van der Waals surface area contributed by atoms with Gasteiger partial charge in [0.1, 0.15) is 12.0 Å². The third-order valence-corrected chi connectivity index (χ3v) is 5.13. The first kappa shape index (κ1) is 30.2. The number of ether oxygens (including phenoxy) is 6. The molecule has 2 rings (SSSR count). The van der Waals surface area contributed by atoms with Crippen LogP contribution >= 0.6 is 0 Å². The van der Waals surface area contributed by atoms with Gasteiger partial charge in [0, 0.05) is 32.9 Å². The predicted molar refractivity (Wildman–Crippen MR) is 126 cm³/mol. The highest BCUT2D eigenvalue weighted by atomic mass is 16.7. The molecule has 14 nitrogen and oxygen atoms in total. The lowest BCUT2D eigenvalue weighted by Gasteiger charge is -2.43. The Morgan fingerprint density at radius 2 is 1.58 bits per heavy atom. The second kappa shape index (κ2) is 14.0. The highest BCUT2D eigenvalue weighted by Crippen LogP contribution is 2.32. The standard InChI is InChI=1S/C24H30N2O12/c1-12(28)34-18-19(35-13(2)29)21(36-14(3)30)24(38-20(18)23(32)33-4)37-17-7-6-15(11-27)10-16(17)22(31)26-9-5-8-25/h6-7,10-11,18-21,24H,5,8-9,25H2,1-4H3,(H,26,31)/t18-,19-,20-,21+,24+/m0/s1. The van der Waals surface area contributed by atoms with Gasteiger partial charge in [-0.1, -0.05) is 0 Å². The Bertz CT molecular complexity index is 1060. The highest BCUT2D eigenvalue weighted by molar-refractivity contribution is 5.98. The summed E-state index contributed by atoms with van der Waals surface area (Å²) < 4.78 is 32.1. The first-order valence-corrected chi connectivity index (χ1v) is 11.5. The van der Waals surface area contributed by atoms with Crippen molar-refractivity contribution in [3.63, 3.8) is 0 Å². The van der Waals surface area contributed by atoms with Crippen molar-refractivity contribution in [3.8, 4) is 5.75 Å². The molecule has 0 radical (unpaired) electrons. The molecule has 208 valence electrons. The normalized spacial score (nSPS) is 22.4. The van der Waals surface area contributed by atoms with Crippen molar-refractivity contribution < 1.29 is 57.2 Å². The molecule has 1 saturated heterocycles. The lowest BCUT2D eigenvalue weighted by Crippen LogP contribution is -2.64. The second-order valence-electron chi connectivity index (χ2n) is 8.06. The van der Waals surface area contributed by atoms with E-state index < -0.39 is 60.5 Å². The molecular weight excluding hydrogens is 508 g/mol. The third-order valence-electron chi connectivity index (χ3n) is 5.13. The molecule has 0 bridgehead atoms. The van der Waals surface area contributed by atoms with Crippen LogP contribution in [-0.4, -0.2) is 87.0 Å². The van der Waals surface area contributed by atoms with E-state index in [1.807, 2.05) is 0 Å². The van der Waals surface area contributed by atoms with E-state index in [1.165, 1.54) is 18.2 Å². The Kier molecular flexibility index (Phi) is 11.2. The average Bonchev–Trinajstić information content (AvgIpc) is 2.86. The molecule has 0 aliphatic carbocycles. The average molecular weight is 539 g/mol. The van der Waals surface area contributed by atoms with E-state index in [-0.39, 0.29) is 23.4 Å². The number of nitrogens with two attached hydrogens (primary N) is 1. The fourth-order valence-electron chi connectivity index (χ4n) is 3.60. The largest absolute Gasteiger partial charge is 0.467 e. The van der Waals surface area contributed by atoms with E-state index in [0.29, 0.717) is 19.3 Å². The Labute approximate surface area is 218 Å². The summed E-state index contributed by atoms with van der Waals surface area (Å²) >= 11 is 0. The van der Waals surface area contributed by atoms with E-state index in [4.69, 9.17) is 34.2 Å². The summed E-state index contributed by atoms with van der Waals surface area (Å²) in [4.78, 5) is 72.4. The minimum Gasteiger partial charge on any atom is -0.467 e. The monoisotopic (exact) mass is 538 g/mol. The molecule has 3 N–H and O–H groups in total. The smallest absolute Gasteiger partial charge is 0.339 e. The first-order valence-electron chi connectivity index (χ1n) is 11.5. The first-order chi connectivity index (χ1) is 18.0. The molecule has 1 amide bonds. The number of nitrogens with one attached hydrogen (secondary N) is 1. The molecule has 0 spiro atoms. The predicted octanol–water partition coefficient (Wildman–Crippen LogP) is -0.350. The Balaban J connectivity index is 2.57. The number of carbonyl (C=O) groups excluding carboxylic acids is 6. The van der Waals surface area contributed by atoms with Crippen LogP contribution in [0.5, 0.6) is 5.75 Å². The molecule has 0 saturated carbocycles. The van der Waals surface area contributed by atoms with Gasteiger partial charge in [-0.2, -0.15) is 0 Å². The van der Waals surface area contributed by atoms with Crippen LogP contribution in [0.15, 0.2) is 18.2 Å². The Morgan fingerprint density at radius 3 is 2.13 bits per heavy atom.